The molecule has 5 nitrogen and oxygen atoms in total. The molecule has 0 spiro atoms. The minimum absolute atomic E-state index is 0.190. The third kappa shape index (κ3) is 3.83. The number of para-hydroxylation sites is 3. The lowest BCUT2D eigenvalue weighted by Crippen LogP contribution is -2.28. The number of hydrogen-bond acceptors (Lipinski definition) is 3. The summed E-state index contributed by atoms with van der Waals surface area (Å²) < 4.78 is 4.43. The second-order valence-electron chi connectivity index (χ2n) is 12.3. The van der Waals surface area contributed by atoms with Crippen LogP contribution in [0.2, 0.25) is 0 Å². The summed E-state index contributed by atoms with van der Waals surface area (Å²) >= 11 is 0. The Labute approximate surface area is 272 Å². The van der Waals surface area contributed by atoms with E-state index >= 15 is 0 Å². The van der Waals surface area contributed by atoms with E-state index in [1.54, 1.807) is 0 Å². The molecule has 1 aliphatic heterocycles. The van der Waals surface area contributed by atoms with Crippen molar-refractivity contribution in [3.63, 3.8) is 0 Å². The Morgan fingerprint density at radius 2 is 1.32 bits per heavy atom. The molecule has 2 aliphatic rings. The molecule has 2 atom stereocenters. The van der Waals surface area contributed by atoms with Crippen molar-refractivity contribution in [3.05, 3.63) is 170 Å². The van der Waals surface area contributed by atoms with Crippen LogP contribution >= 0.6 is 0 Å². The first-order chi connectivity index (χ1) is 23.3. The Morgan fingerprint density at radius 1 is 0.596 bits per heavy atom. The largest absolute Gasteiger partial charge is 0.333 e. The van der Waals surface area contributed by atoms with E-state index < -0.39 is 0 Å². The molecule has 2 unspecified atom stereocenters. The van der Waals surface area contributed by atoms with Gasteiger partial charge < -0.3 is 9.47 Å². The van der Waals surface area contributed by atoms with Gasteiger partial charge in [0, 0.05) is 34.1 Å². The van der Waals surface area contributed by atoms with Gasteiger partial charge in [-0.25, -0.2) is 9.97 Å². The smallest absolute Gasteiger partial charge is 0.166 e. The van der Waals surface area contributed by atoms with Crippen LogP contribution in [0.25, 0.3) is 55.5 Å². The van der Waals surface area contributed by atoms with Crippen LogP contribution in [-0.4, -0.2) is 25.1 Å². The highest BCUT2D eigenvalue weighted by atomic mass is 15.2. The molecule has 222 valence electrons. The van der Waals surface area contributed by atoms with Gasteiger partial charge in [-0.05, 0) is 47.5 Å². The summed E-state index contributed by atoms with van der Waals surface area (Å²) in [6.45, 7) is 0. The van der Waals surface area contributed by atoms with Crippen molar-refractivity contribution in [1.29, 1.82) is 0 Å². The van der Waals surface area contributed by atoms with Crippen molar-refractivity contribution in [3.8, 4) is 22.5 Å². The number of anilines is 2. The summed E-state index contributed by atoms with van der Waals surface area (Å²) in [6.07, 6.45) is 12.8. The van der Waals surface area contributed by atoms with Gasteiger partial charge in [0.05, 0.1) is 34.1 Å². The number of pyridine rings is 1. The average molecular weight is 604 g/mol. The van der Waals surface area contributed by atoms with Gasteiger partial charge in [0.1, 0.15) is 11.8 Å². The van der Waals surface area contributed by atoms with E-state index in [4.69, 9.17) is 9.97 Å². The fraction of sp³-hybridized carbons (Fsp3) is 0.0476. The molecule has 1 aliphatic carbocycles. The van der Waals surface area contributed by atoms with Gasteiger partial charge in [-0.1, -0.05) is 115 Å². The van der Waals surface area contributed by atoms with E-state index in [-0.39, 0.29) is 12.0 Å². The third-order valence-corrected chi connectivity index (χ3v) is 9.78. The predicted molar refractivity (Wildman–Crippen MR) is 192 cm³/mol. The summed E-state index contributed by atoms with van der Waals surface area (Å²) in [7, 11) is 0. The molecule has 5 aromatic carbocycles. The lowest BCUT2D eigenvalue weighted by atomic mass is 9.90. The zero-order valence-electron chi connectivity index (χ0n) is 25.5. The van der Waals surface area contributed by atoms with Gasteiger partial charge in [-0.3, -0.25) is 4.57 Å². The van der Waals surface area contributed by atoms with Crippen molar-refractivity contribution in [2.75, 3.05) is 4.90 Å². The maximum absolute atomic E-state index is 4.99. The molecule has 5 heteroatoms. The molecule has 3 aromatic heterocycles. The van der Waals surface area contributed by atoms with E-state index in [0.717, 1.165) is 39.3 Å². The molecule has 0 fully saturated rings. The standard InChI is InChI=1S/C42H29N5/c1-2-12-28(13-3-1)31-19-11-20-35-34-18-6-7-21-36(34)46(41(31)35)30-15-10-14-29(26-30)45-27-44-40-39(24-25-43-42(40)45)47-37-22-8-4-16-32(37)33-17-5-9-23-38(33)47/h1-27,34,36H. The van der Waals surface area contributed by atoms with Gasteiger partial charge in [-0.15, -0.1) is 0 Å². The Hall–Kier alpha value is -6.20. The minimum Gasteiger partial charge on any atom is -0.333 e. The van der Waals surface area contributed by atoms with Crippen LogP contribution in [0, 0.1) is 0 Å². The molecule has 10 rings (SSSR count). The molecular formula is C42H29N5. The maximum atomic E-state index is 4.99. The lowest BCUT2D eigenvalue weighted by Gasteiger charge is -2.30. The summed E-state index contributed by atoms with van der Waals surface area (Å²) in [5.41, 5.74) is 12.3. The van der Waals surface area contributed by atoms with Crippen molar-refractivity contribution in [1.82, 2.24) is 19.1 Å². The first-order valence-electron chi connectivity index (χ1n) is 16.1. The van der Waals surface area contributed by atoms with E-state index in [9.17, 15) is 0 Å². The van der Waals surface area contributed by atoms with Crippen molar-refractivity contribution in [2.45, 2.75) is 12.0 Å². The van der Waals surface area contributed by atoms with Crippen LogP contribution < -0.4 is 4.90 Å². The number of benzene rings is 5. The van der Waals surface area contributed by atoms with Crippen molar-refractivity contribution < 1.29 is 0 Å². The molecule has 0 amide bonds. The molecule has 4 heterocycles. The van der Waals surface area contributed by atoms with Gasteiger partial charge in [0.2, 0.25) is 0 Å². The monoisotopic (exact) mass is 603 g/mol. The van der Waals surface area contributed by atoms with E-state index in [1.165, 1.54) is 33.2 Å². The topological polar surface area (TPSA) is 38.9 Å². The van der Waals surface area contributed by atoms with Gasteiger partial charge in [-0.2, -0.15) is 0 Å². The molecule has 0 saturated heterocycles. The summed E-state index contributed by atoms with van der Waals surface area (Å²) in [5.74, 6) is 0.284. The maximum Gasteiger partial charge on any atom is 0.166 e. The molecule has 0 bridgehead atoms. The van der Waals surface area contributed by atoms with Crippen molar-refractivity contribution in [2.24, 2.45) is 0 Å². The number of allylic oxidation sites excluding steroid dienone is 2. The Morgan fingerprint density at radius 3 is 2.15 bits per heavy atom. The Bertz CT molecular complexity index is 2500. The van der Waals surface area contributed by atoms with E-state index in [0.29, 0.717) is 0 Å². The summed E-state index contributed by atoms with van der Waals surface area (Å²) in [4.78, 5) is 12.4. The zero-order chi connectivity index (χ0) is 30.9. The number of hydrogen-bond donors (Lipinski definition) is 0. The van der Waals surface area contributed by atoms with Gasteiger partial charge >= 0.3 is 0 Å². The molecule has 47 heavy (non-hydrogen) atoms. The van der Waals surface area contributed by atoms with Crippen LogP contribution in [0.1, 0.15) is 11.5 Å². The first-order valence-corrected chi connectivity index (χ1v) is 16.1. The molecule has 0 saturated carbocycles. The summed E-state index contributed by atoms with van der Waals surface area (Å²) in [5, 5.41) is 2.46. The minimum atomic E-state index is 0.190. The Balaban J connectivity index is 1.14. The third-order valence-electron chi connectivity index (χ3n) is 9.78. The highest BCUT2D eigenvalue weighted by molar-refractivity contribution is 6.10. The average Bonchev–Trinajstić information content (AvgIpc) is 3.83. The number of imidazole rings is 1. The number of aromatic nitrogens is 4. The van der Waals surface area contributed by atoms with Gasteiger partial charge in [0.15, 0.2) is 5.65 Å². The predicted octanol–water partition coefficient (Wildman–Crippen LogP) is 9.91. The number of fused-ring (bicyclic) bond motifs is 7. The normalized spacial score (nSPS) is 16.7. The first kappa shape index (κ1) is 26.1. The second-order valence-corrected chi connectivity index (χ2v) is 12.3. The fourth-order valence-corrected chi connectivity index (χ4v) is 7.78. The lowest BCUT2D eigenvalue weighted by molar-refractivity contribution is 0.744. The number of rotatable bonds is 4. The Kier molecular flexibility index (Phi) is 5.63. The summed E-state index contributed by atoms with van der Waals surface area (Å²) in [6, 6.07) is 45.7. The van der Waals surface area contributed by atoms with Gasteiger partial charge in [0.25, 0.3) is 0 Å². The highest BCUT2D eigenvalue weighted by Gasteiger charge is 2.39. The molecule has 0 N–H and O–H groups in total. The molecular weight excluding hydrogens is 574 g/mol. The van der Waals surface area contributed by atoms with Crippen molar-refractivity contribution >= 4 is 44.3 Å². The zero-order valence-corrected chi connectivity index (χ0v) is 25.5. The highest BCUT2D eigenvalue weighted by Crippen LogP contribution is 2.51. The van der Waals surface area contributed by atoms with E-state index in [1.807, 2.05) is 12.5 Å². The van der Waals surface area contributed by atoms with E-state index in [2.05, 4.69) is 166 Å². The van der Waals surface area contributed by atoms with Crippen LogP contribution in [0.4, 0.5) is 11.4 Å². The SMILES string of the molecule is C1=CC2c3cccc(-c4ccccc4)c3N(c3cccc(-n4cnc5c(-n6c7ccccc7c7ccccc76)ccnc54)c3)C2C=C1. The number of nitrogens with zero attached hydrogens (tertiary/aromatic N) is 5. The second kappa shape index (κ2) is 10.2. The van der Waals surface area contributed by atoms with Crippen LogP contribution in [0.3, 0.4) is 0 Å². The molecule has 0 radical (unpaired) electrons. The van der Waals surface area contributed by atoms with Crippen LogP contribution in [0.15, 0.2) is 164 Å². The molecule has 8 aromatic rings. The quantitative estimate of drug-likeness (QED) is 0.201. The fourth-order valence-electron chi connectivity index (χ4n) is 7.78. The van der Waals surface area contributed by atoms with Crippen LogP contribution in [-0.2, 0) is 0 Å². The van der Waals surface area contributed by atoms with Crippen LogP contribution in [0.5, 0.6) is 0 Å².